The third kappa shape index (κ3) is 3.61. The molecule has 1 atom stereocenters. The SMILES string of the molecule is OC(CSc1ccccc1)c1ncnc2c1ncn2Cc1ccccc1. The van der Waals surface area contributed by atoms with Crippen molar-refractivity contribution in [3.63, 3.8) is 0 Å². The van der Waals surface area contributed by atoms with Crippen molar-refractivity contribution < 1.29 is 5.11 Å². The molecule has 1 unspecified atom stereocenters. The van der Waals surface area contributed by atoms with Gasteiger partial charge in [-0.15, -0.1) is 11.8 Å². The first-order valence-corrected chi connectivity index (χ1v) is 9.35. The molecule has 0 aliphatic carbocycles. The van der Waals surface area contributed by atoms with E-state index in [0.717, 1.165) is 10.5 Å². The van der Waals surface area contributed by atoms with E-state index in [1.54, 1.807) is 18.1 Å². The van der Waals surface area contributed by atoms with Crippen LogP contribution in [0.4, 0.5) is 0 Å². The minimum atomic E-state index is -0.703. The molecule has 26 heavy (non-hydrogen) atoms. The fraction of sp³-hybridized carbons (Fsp3) is 0.150. The van der Waals surface area contributed by atoms with Gasteiger partial charge in [-0.1, -0.05) is 48.5 Å². The zero-order valence-corrected chi connectivity index (χ0v) is 14.9. The molecule has 4 aromatic rings. The molecule has 0 aliphatic heterocycles. The molecule has 0 saturated heterocycles. The first kappa shape index (κ1) is 16.8. The lowest BCUT2D eigenvalue weighted by Gasteiger charge is -2.10. The number of nitrogens with zero attached hydrogens (tertiary/aromatic N) is 4. The lowest BCUT2D eigenvalue weighted by atomic mass is 10.2. The molecule has 0 spiro atoms. The molecule has 0 amide bonds. The van der Waals surface area contributed by atoms with Crippen LogP contribution in [0.5, 0.6) is 0 Å². The molecule has 0 saturated carbocycles. The number of fused-ring (bicyclic) bond motifs is 1. The van der Waals surface area contributed by atoms with Crippen LogP contribution >= 0.6 is 11.8 Å². The summed E-state index contributed by atoms with van der Waals surface area (Å²) in [6.45, 7) is 0.683. The molecule has 2 aromatic heterocycles. The summed E-state index contributed by atoms with van der Waals surface area (Å²) in [5.74, 6) is 0.516. The molecular formula is C20H18N4OS. The lowest BCUT2D eigenvalue weighted by Crippen LogP contribution is -2.06. The van der Waals surface area contributed by atoms with Gasteiger partial charge in [0.25, 0.3) is 0 Å². The van der Waals surface area contributed by atoms with Gasteiger partial charge < -0.3 is 9.67 Å². The van der Waals surface area contributed by atoms with E-state index in [1.165, 1.54) is 11.9 Å². The number of thioether (sulfide) groups is 1. The largest absolute Gasteiger partial charge is 0.386 e. The number of benzene rings is 2. The summed E-state index contributed by atoms with van der Waals surface area (Å²) in [7, 11) is 0. The van der Waals surface area contributed by atoms with Gasteiger partial charge in [-0.3, -0.25) is 0 Å². The Morgan fingerprint density at radius 1 is 0.923 bits per heavy atom. The quantitative estimate of drug-likeness (QED) is 0.530. The van der Waals surface area contributed by atoms with Gasteiger partial charge in [-0.2, -0.15) is 0 Å². The van der Waals surface area contributed by atoms with E-state index in [-0.39, 0.29) is 0 Å². The van der Waals surface area contributed by atoms with Crippen molar-refractivity contribution in [2.45, 2.75) is 17.5 Å². The molecular weight excluding hydrogens is 344 g/mol. The van der Waals surface area contributed by atoms with Crippen LogP contribution < -0.4 is 0 Å². The minimum absolute atomic E-state index is 0.516. The average molecular weight is 362 g/mol. The summed E-state index contributed by atoms with van der Waals surface area (Å²) >= 11 is 1.60. The van der Waals surface area contributed by atoms with Gasteiger partial charge in [0, 0.05) is 10.6 Å². The average Bonchev–Trinajstić information content (AvgIpc) is 3.11. The predicted molar refractivity (Wildman–Crippen MR) is 103 cm³/mol. The molecule has 6 heteroatoms. The third-order valence-electron chi connectivity index (χ3n) is 4.09. The molecule has 0 bridgehead atoms. The second kappa shape index (κ2) is 7.68. The lowest BCUT2D eigenvalue weighted by molar-refractivity contribution is 0.200. The highest BCUT2D eigenvalue weighted by atomic mass is 32.2. The standard InChI is InChI=1S/C20H18N4OS/c25-17(12-26-16-9-5-2-6-10-16)18-19-20(22-13-21-18)24(14-23-19)11-15-7-3-1-4-8-15/h1-10,13-14,17,25H,11-12H2. The van der Waals surface area contributed by atoms with E-state index in [2.05, 4.69) is 27.1 Å². The van der Waals surface area contributed by atoms with E-state index in [0.29, 0.717) is 23.5 Å². The fourth-order valence-electron chi connectivity index (χ4n) is 2.81. The summed E-state index contributed by atoms with van der Waals surface area (Å²) in [6, 6.07) is 20.2. The highest BCUT2D eigenvalue weighted by Crippen LogP contribution is 2.26. The number of rotatable bonds is 6. The Labute approximate surface area is 155 Å². The Morgan fingerprint density at radius 3 is 2.42 bits per heavy atom. The maximum absolute atomic E-state index is 10.6. The molecule has 2 heterocycles. The molecule has 0 fully saturated rings. The van der Waals surface area contributed by atoms with Crippen LogP contribution in [-0.4, -0.2) is 30.4 Å². The normalized spacial score (nSPS) is 12.3. The van der Waals surface area contributed by atoms with Gasteiger partial charge >= 0.3 is 0 Å². The second-order valence-corrected chi connectivity index (χ2v) is 7.02. The maximum Gasteiger partial charge on any atom is 0.163 e. The molecule has 0 aliphatic rings. The van der Waals surface area contributed by atoms with Crippen molar-refractivity contribution >= 4 is 22.9 Å². The maximum atomic E-state index is 10.6. The van der Waals surface area contributed by atoms with Gasteiger partial charge in [0.2, 0.25) is 0 Å². The van der Waals surface area contributed by atoms with Crippen molar-refractivity contribution in [1.29, 1.82) is 0 Å². The van der Waals surface area contributed by atoms with E-state index >= 15 is 0 Å². The molecule has 1 N–H and O–H groups in total. The van der Waals surface area contributed by atoms with E-state index in [9.17, 15) is 5.11 Å². The van der Waals surface area contributed by atoms with E-state index < -0.39 is 6.10 Å². The van der Waals surface area contributed by atoms with Crippen molar-refractivity contribution in [2.24, 2.45) is 0 Å². The number of aromatic nitrogens is 4. The van der Waals surface area contributed by atoms with Crippen LogP contribution in [0.2, 0.25) is 0 Å². The van der Waals surface area contributed by atoms with Crippen LogP contribution in [0.1, 0.15) is 17.4 Å². The number of aliphatic hydroxyl groups excluding tert-OH is 1. The Hall–Kier alpha value is -2.70. The monoisotopic (exact) mass is 362 g/mol. The van der Waals surface area contributed by atoms with Gasteiger partial charge in [0.05, 0.1) is 12.9 Å². The highest BCUT2D eigenvalue weighted by Gasteiger charge is 2.17. The van der Waals surface area contributed by atoms with Crippen LogP contribution in [0, 0.1) is 0 Å². The van der Waals surface area contributed by atoms with Gasteiger partial charge in [-0.25, -0.2) is 15.0 Å². The van der Waals surface area contributed by atoms with E-state index in [4.69, 9.17) is 0 Å². The Balaban J connectivity index is 1.56. The first-order chi connectivity index (χ1) is 12.8. The fourth-order valence-corrected chi connectivity index (χ4v) is 3.67. The Morgan fingerprint density at radius 2 is 1.65 bits per heavy atom. The smallest absolute Gasteiger partial charge is 0.163 e. The van der Waals surface area contributed by atoms with Crippen molar-refractivity contribution in [3.8, 4) is 0 Å². The second-order valence-electron chi connectivity index (χ2n) is 5.93. The Kier molecular flexibility index (Phi) is 4.95. The van der Waals surface area contributed by atoms with Crippen molar-refractivity contribution in [3.05, 3.63) is 84.6 Å². The highest BCUT2D eigenvalue weighted by molar-refractivity contribution is 7.99. The zero-order chi connectivity index (χ0) is 17.8. The summed E-state index contributed by atoms with van der Waals surface area (Å²) in [5, 5.41) is 10.6. The Bertz CT molecular complexity index is 989. The van der Waals surface area contributed by atoms with Crippen LogP contribution in [-0.2, 0) is 6.54 Å². The summed E-state index contributed by atoms with van der Waals surface area (Å²) in [6.07, 6.45) is 2.55. The molecule has 130 valence electrons. The topological polar surface area (TPSA) is 63.8 Å². The van der Waals surface area contributed by atoms with Crippen molar-refractivity contribution in [2.75, 3.05) is 5.75 Å². The molecule has 0 radical (unpaired) electrons. The van der Waals surface area contributed by atoms with Gasteiger partial charge in [0.1, 0.15) is 23.6 Å². The van der Waals surface area contributed by atoms with Crippen molar-refractivity contribution in [1.82, 2.24) is 19.5 Å². The van der Waals surface area contributed by atoms with Crippen LogP contribution in [0.15, 0.2) is 78.2 Å². The minimum Gasteiger partial charge on any atom is -0.386 e. The van der Waals surface area contributed by atoms with E-state index in [1.807, 2.05) is 53.1 Å². The van der Waals surface area contributed by atoms with Gasteiger partial charge in [-0.05, 0) is 17.7 Å². The van der Waals surface area contributed by atoms with Gasteiger partial charge in [0.15, 0.2) is 5.65 Å². The number of imidazole rings is 1. The number of aliphatic hydroxyl groups is 1. The number of hydrogen-bond acceptors (Lipinski definition) is 5. The molecule has 2 aromatic carbocycles. The first-order valence-electron chi connectivity index (χ1n) is 8.37. The third-order valence-corrected chi connectivity index (χ3v) is 5.18. The van der Waals surface area contributed by atoms with Crippen LogP contribution in [0.25, 0.3) is 11.2 Å². The number of hydrogen-bond donors (Lipinski definition) is 1. The van der Waals surface area contributed by atoms with Crippen LogP contribution in [0.3, 0.4) is 0 Å². The molecule has 4 rings (SSSR count). The summed E-state index contributed by atoms with van der Waals surface area (Å²) < 4.78 is 1.98. The zero-order valence-electron chi connectivity index (χ0n) is 14.1. The molecule has 5 nitrogen and oxygen atoms in total. The summed E-state index contributed by atoms with van der Waals surface area (Å²) in [4.78, 5) is 14.2. The predicted octanol–water partition coefficient (Wildman–Crippen LogP) is 3.70. The summed E-state index contributed by atoms with van der Waals surface area (Å²) in [5.41, 5.74) is 3.14.